The fourth-order valence-electron chi connectivity index (χ4n) is 3.04. The highest BCUT2D eigenvalue weighted by Gasteiger charge is 2.21. The first-order chi connectivity index (χ1) is 18.0. The topological polar surface area (TPSA) is 200 Å². The van der Waals surface area contributed by atoms with E-state index < -0.39 is 50.0 Å². The van der Waals surface area contributed by atoms with Crippen molar-refractivity contribution < 1.29 is 49.1 Å². The average Bonchev–Trinajstić information content (AvgIpc) is 2.82. The van der Waals surface area contributed by atoms with Crippen molar-refractivity contribution in [1.29, 1.82) is 0 Å². The Morgan fingerprint density at radius 1 is 0.769 bits per heavy atom. The minimum Gasteiger partial charge on any atom is -0.469 e. The minimum atomic E-state index is -3.77. The number of carbonyl (C=O) groups is 4. The number of hydrogen-bond donors (Lipinski definition) is 3. The average molecular weight is 594 g/mol. The molecule has 39 heavy (non-hydrogen) atoms. The van der Waals surface area contributed by atoms with Gasteiger partial charge in [0.2, 0.25) is 17.7 Å². The summed E-state index contributed by atoms with van der Waals surface area (Å²) in [6, 6.07) is 2.32. The SMILES string of the molecule is COC(=O)CCCCC(=O)N[C@@H](C)C(=O)N[C@@H](C)C(=O)Nc1cc(COS(C)(=O)=O)cc(COS(C)(=O)=O)c1. The largest absolute Gasteiger partial charge is 0.469 e. The van der Waals surface area contributed by atoms with Crippen molar-refractivity contribution in [2.24, 2.45) is 0 Å². The van der Waals surface area contributed by atoms with E-state index in [-0.39, 0.29) is 37.7 Å². The van der Waals surface area contributed by atoms with Gasteiger partial charge in [0.25, 0.3) is 20.2 Å². The molecular formula is C23H35N3O11S2. The van der Waals surface area contributed by atoms with Crippen LogP contribution in [0.25, 0.3) is 0 Å². The van der Waals surface area contributed by atoms with Crippen molar-refractivity contribution in [3.05, 3.63) is 29.3 Å². The number of benzene rings is 1. The molecule has 2 atom stereocenters. The summed E-state index contributed by atoms with van der Waals surface area (Å²) in [6.07, 6.45) is 2.92. The molecule has 1 aromatic carbocycles. The zero-order chi connectivity index (χ0) is 29.8. The maximum Gasteiger partial charge on any atom is 0.305 e. The minimum absolute atomic E-state index is 0.107. The predicted molar refractivity (Wildman–Crippen MR) is 140 cm³/mol. The van der Waals surface area contributed by atoms with Crippen LogP contribution in [0.4, 0.5) is 5.69 Å². The van der Waals surface area contributed by atoms with Crippen molar-refractivity contribution in [3.63, 3.8) is 0 Å². The van der Waals surface area contributed by atoms with Gasteiger partial charge in [0.15, 0.2) is 0 Å². The fraction of sp³-hybridized carbons (Fsp3) is 0.565. The van der Waals surface area contributed by atoms with E-state index in [1.807, 2.05) is 0 Å². The molecular weight excluding hydrogens is 558 g/mol. The van der Waals surface area contributed by atoms with Crippen LogP contribution in [0.5, 0.6) is 0 Å². The van der Waals surface area contributed by atoms with Crippen LogP contribution in [0, 0.1) is 0 Å². The van der Waals surface area contributed by atoms with Gasteiger partial charge in [0.1, 0.15) is 12.1 Å². The van der Waals surface area contributed by atoms with Crippen LogP contribution in [-0.4, -0.2) is 72.2 Å². The van der Waals surface area contributed by atoms with E-state index in [2.05, 4.69) is 20.7 Å². The van der Waals surface area contributed by atoms with Crippen LogP contribution in [-0.2, 0) is 65.7 Å². The smallest absolute Gasteiger partial charge is 0.305 e. The van der Waals surface area contributed by atoms with Crippen molar-refractivity contribution in [2.75, 3.05) is 24.9 Å². The normalized spacial score (nSPS) is 13.2. The first-order valence-electron chi connectivity index (χ1n) is 11.8. The molecule has 3 amide bonds. The molecule has 220 valence electrons. The lowest BCUT2D eigenvalue weighted by atomic mass is 10.1. The second kappa shape index (κ2) is 15.5. The number of ether oxygens (including phenoxy) is 1. The molecule has 0 aliphatic carbocycles. The van der Waals surface area contributed by atoms with Crippen LogP contribution in [0.15, 0.2) is 18.2 Å². The van der Waals surface area contributed by atoms with Crippen molar-refractivity contribution in [1.82, 2.24) is 10.6 Å². The van der Waals surface area contributed by atoms with E-state index >= 15 is 0 Å². The Labute approximate surface area is 228 Å². The predicted octanol–water partition coefficient (Wildman–Crippen LogP) is 0.320. The number of esters is 1. The number of amides is 3. The summed E-state index contributed by atoms with van der Waals surface area (Å²) in [4.78, 5) is 48.3. The van der Waals surface area contributed by atoms with E-state index in [9.17, 15) is 36.0 Å². The fourth-order valence-corrected chi connectivity index (χ4v) is 3.74. The molecule has 0 aliphatic rings. The molecule has 0 aliphatic heterocycles. The summed E-state index contributed by atoms with van der Waals surface area (Å²) < 4.78 is 59.4. The molecule has 3 N–H and O–H groups in total. The second-order valence-corrected chi connectivity index (χ2v) is 12.1. The van der Waals surface area contributed by atoms with Gasteiger partial charge < -0.3 is 20.7 Å². The van der Waals surface area contributed by atoms with E-state index in [1.165, 1.54) is 39.2 Å². The summed E-state index contributed by atoms with van der Waals surface area (Å²) in [5.74, 6) is -2.02. The maximum atomic E-state index is 12.7. The van der Waals surface area contributed by atoms with Gasteiger partial charge in [0, 0.05) is 18.5 Å². The van der Waals surface area contributed by atoms with E-state index in [0.29, 0.717) is 24.0 Å². The quantitative estimate of drug-likeness (QED) is 0.135. The lowest BCUT2D eigenvalue weighted by molar-refractivity contribution is -0.140. The highest BCUT2D eigenvalue weighted by atomic mass is 32.2. The Hall–Kier alpha value is -3.08. The Morgan fingerprint density at radius 3 is 1.74 bits per heavy atom. The van der Waals surface area contributed by atoms with Gasteiger partial charge in [-0.05, 0) is 49.9 Å². The third-order valence-corrected chi connectivity index (χ3v) is 6.08. The molecule has 1 rings (SSSR count). The monoisotopic (exact) mass is 593 g/mol. The number of rotatable bonds is 16. The lowest BCUT2D eigenvalue weighted by Gasteiger charge is -2.19. The van der Waals surface area contributed by atoms with Gasteiger partial charge in [-0.3, -0.25) is 27.5 Å². The van der Waals surface area contributed by atoms with Gasteiger partial charge in [-0.1, -0.05) is 6.07 Å². The lowest BCUT2D eigenvalue weighted by Crippen LogP contribution is -2.50. The summed E-state index contributed by atoms with van der Waals surface area (Å²) in [7, 11) is -6.27. The highest BCUT2D eigenvalue weighted by molar-refractivity contribution is 7.86. The molecule has 0 fully saturated rings. The molecule has 16 heteroatoms. The maximum absolute atomic E-state index is 12.7. The number of nitrogens with one attached hydrogen (secondary N) is 3. The molecule has 0 bridgehead atoms. The van der Waals surface area contributed by atoms with Gasteiger partial charge in [0.05, 0.1) is 32.8 Å². The standard InChI is InChI=1S/C23H35N3O11S2/c1-15(24-20(27)8-6-7-9-21(28)35-3)22(29)25-16(2)23(30)26-19-11-17(13-36-38(4,31)32)10-18(12-19)14-37-39(5,33)34/h10-12,15-16H,6-9,13-14H2,1-5H3,(H,24,27)(H,25,29)(H,26,30)/t15-,16-/m0/s1. The first kappa shape index (κ1) is 33.9. The van der Waals surface area contributed by atoms with Gasteiger partial charge in [-0.25, -0.2) is 0 Å². The van der Waals surface area contributed by atoms with Gasteiger partial charge in [-0.15, -0.1) is 0 Å². The van der Waals surface area contributed by atoms with Crippen LogP contribution >= 0.6 is 0 Å². The number of methoxy groups -OCH3 is 1. The molecule has 1 aromatic rings. The number of anilines is 1. The Morgan fingerprint density at radius 2 is 1.26 bits per heavy atom. The van der Waals surface area contributed by atoms with Crippen LogP contribution in [0.2, 0.25) is 0 Å². The highest BCUT2D eigenvalue weighted by Crippen LogP contribution is 2.18. The molecule has 0 saturated carbocycles. The Kier molecular flexibility index (Phi) is 13.5. The van der Waals surface area contributed by atoms with E-state index in [1.54, 1.807) is 0 Å². The zero-order valence-corrected chi connectivity index (χ0v) is 24.1. The number of carbonyl (C=O) groups excluding carboxylic acids is 4. The molecule has 0 unspecified atom stereocenters. The molecule has 0 heterocycles. The summed E-state index contributed by atoms with van der Waals surface area (Å²) in [6.45, 7) is 2.12. The van der Waals surface area contributed by atoms with E-state index in [0.717, 1.165) is 12.5 Å². The van der Waals surface area contributed by atoms with Crippen molar-refractivity contribution in [3.8, 4) is 0 Å². The van der Waals surface area contributed by atoms with Crippen LogP contribution in [0.3, 0.4) is 0 Å². The molecule has 0 saturated heterocycles. The van der Waals surface area contributed by atoms with Gasteiger partial charge >= 0.3 is 5.97 Å². The Bertz CT molecular complexity index is 1190. The summed E-state index contributed by atoms with van der Waals surface area (Å²) >= 11 is 0. The van der Waals surface area contributed by atoms with Crippen LogP contribution < -0.4 is 16.0 Å². The Balaban J connectivity index is 2.76. The second-order valence-electron chi connectivity index (χ2n) is 8.76. The molecule has 0 spiro atoms. The summed E-state index contributed by atoms with van der Waals surface area (Å²) in [5, 5.41) is 7.56. The third-order valence-electron chi connectivity index (χ3n) is 4.98. The third kappa shape index (κ3) is 15.2. The van der Waals surface area contributed by atoms with Crippen LogP contribution in [0.1, 0.15) is 50.7 Å². The summed E-state index contributed by atoms with van der Waals surface area (Å²) in [5.41, 5.74) is 0.797. The number of hydrogen-bond acceptors (Lipinski definition) is 11. The zero-order valence-electron chi connectivity index (χ0n) is 22.4. The molecule has 0 aromatic heterocycles. The first-order valence-corrected chi connectivity index (χ1v) is 15.4. The van der Waals surface area contributed by atoms with Crippen molar-refractivity contribution in [2.45, 2.75) is 64.8 Å². The van der Waals surface area contributed by atoms with Crippen molar-refractivity contribution >= 4 is 49.6 Å². The van der Waals surface area contributed by atoms with E-state index in [4.69, 9.17) is 8.37 Å². The molecule has 0 radical (unpaired) electrons. The van der Waals surface area contributed by atoms with Gasteiger partial charge in [-0.2, -0.15) is 16.8 Å². The number of unbranched alkanes of at least 4 members (excludes halogenated alkanes) is 1. The molecule has 14 nitrogen and oxygen atoms in total.